The molecule has 0 aliphatic carbocycles. The number of carbonyl (C=O) groups is 3. The highest BCUT2D eigenvalue weighted by Crippen LogP contribution is 2.22. The van der Waals surface area contributed by atoms with Gasteiger partial charge in [-0.15, -0.1) is 0 Å². The molecule has 1 aliphatic rings. The Balaban J connectivity index is 1.69. The average Bonchev–Trinajstić information content (AvgIpc) is 3.24. The van der Waals surface area contributed by atoms with Crippen LogP contribution in [0, 0.1) is 5.82 Å². The number of ether oxygens (including phenoxy) is 1. The number of likely N-dealkylation sites (N-methyl/N-ethyl adjacent to an activating group) is 1. The van der Waals surface area contributed by atoms with E-state index in [0.717, 1.165) is 6.07 Å². The summed E-state index contributed by atoms with van der Waals surface area (Å²) in [6, 6.07) is 10.5. The maximum atomic E-state index is 13.5. The number of methoxy groups -OCH3 is 1. The van der Waals surface area contributed by atoms with Crippen LogP contribution in [0.3, 0.4) is 0 Å². The van der Waals surface area contributed by atoms with Gasteiger partial charge in [-0.1, -0.05) is 12.1 Å². The monoisotopic (exact) mass is 409 g/mol. The molecule has 8 heteroatoms. The summed E-state index contributed by atoms with van der Waals surface area (Å²) < 4.78 is 18.6. The largest absolute Gasteiger partial charge is 0.496 e. The Bertz CT molecular complexity index is 1060. The van der Waals surface area contributed by atoms with Gasteiger partial charge in [0.1, 0.15) is 17.3 Å². The fraction of sp³-hybridized carbons (Fsp3) is 0.182. The third kappa shape index (κ3) is 4.60. The molecule has 7 nitrogen and oxygen atoms in total. The van der Waals surface area contributed by atoms with Crippen molar-refractivity contribution in [2.75, 3.05) is 19.5 Å². The predicted molar refractivity (Wildman–Crippen MR) is 110 cm³/mol. The summed E-state index contributed by atoms with van der Waals surface area (Å²) >= 11 is 0. The molecule has 30 heavy (non-hydrogen) atoms. The molecule has 0 atom stereocenters. The number of rotatable bonds is 7. The minimum Gasteiger partial charge on any atom is -0.496 e. The zero-order chi connectivity index (χ0) is 21.7. The molecule has 0 radical (unpaired) electrons. The molecule has 2 aromatic carbocycles. The quantitative estimate of drug-likeness (QED) is 0.687. The van der Waals surface area contributed by atoms with Crippen LogP contribution in [0.5, 0.6) is 5.75 Å². The maximum absolute atomic E-state index is 13.5. The number of nitrogens with zero attached hydrogens (tertiary/aromatic N) is 1. The first-order valence-corrected chi connectivity index (χ1v) is 9.17. The van der Waals surface area contributed by atoms with Gasteiger partial charge in [0.15, 0.2) is 5.78 Å². The van der Waals surface area contributed by atoms with Crippen molar-refractivity contribution >= 4 is 29.5 Å². The van der Waals surface area contributed by atoms with Crippen molar-refractivity contribution in [2.24, 2.45) is 4.99 Å². The van der Waals surface area contributed by atoms with Crippen LogP contribution in [0.1, 0.15) is 22.3 Å². The molecular formula is C22H20FN3O4. The third-order valence-corrected chi connectivity index (χ3v) is 4.56. The Morgan fingerprint density at radius 1 is 1.10 bits per heavy atom. The van der Waals surface area contributed by atoms with Crippen LogP contribution in [0.4, 0.5) is 10.1 Å². The van der Waals surface area contributed by atoms with Gasteiger partial charge in [0, 0.05) is 31.8 Å². The summed E-state index contributed by atoms with van der Waals surface area (Å²) in [5, 5.41) is 5.17. The molecule has 0 bridgehead atoms. The van der Waals surface area contributed by atoms with E-state index in [4.69, 9.17) is 4.74 Å². The van der Waals surface area contributed by atoms with E-state index in [1.807, 2.05) is 0 Å². The normalized spacial score (nSPS) is 12.6. The molecule has 2 aromatic rings. The number of ketones is 1. The van der Waals surface area contributed by atoms with E-state index in [0.29, 0.717) is 17.0 Å². The highest BCUT2D eigenvalue weighted by atomic mass is 19.1. The van der Waals surface area contributed by atoms with Gasteiger partial charge in [0.2, 0.25) is 0 Å². The molecule has 0 unspecified atom stereocenters. The van der Waals surface area contributed by atoms with E-state index >= 15 is 0 Å². The van der Waals surface area contributed by atoms with Crippen molar-refractivity contribution in [1.29, 1.82) is 0 Å². The number of hydrogen-bond acceptors (Lipinski definition) is 5. The van der Waals surface area contributed by atoms with Gasteiger partial charge in [-0.2, -0.15) is 0 Å². The van der Waals surface area contributed by atoms with Crippen molar-refractivity contribution in [3.63, 3.8) is 0 Å². The maximum Gasteiger partial charge on any atom is 0.270 e. The number of Topliss-reactive ketones (excluding diaryl/α,β-unsaturated/α-hetero) is 1. The highest BCUT2D eigenvalue weighted by molar-refractivity contribution is 6.13. The summed E-state index contributed by atoms with van der Waals surface area (Å²) in [6.07, 6.45) is 1.83. The fourth-order valence-electron chi connectivity index (χ4n) is 3.01. The average molecular weight is 409 g/mol. The van der Waals surface area contributed by atoms with Crippen molar-refractivity contribution in [3.05, 3.63) is 70.7 Å². The first-order valence-electron chi connectivity index (χ1n) is 9.17. The summed E-state index contributed by atoms with van der Waals surface area (Å²) in [5.74, 6) is -1.33. The lowest BCUT2D eigenvalue weighted by molar-refractivity contribution is -0.118. The van der Waals surface area contributed by atoms with Crippen molar-refractivity contribution in [1.82, 2.24) is 5.32 Å². The summed E-state index contributed by atoms with van der Waals surface area (Å²) in [6.45, 7) is 0. The van der Waals surface area contributed by atoms with E-state index in [2.05, 4.69) is 15.6 Å². The minimum atomic E-state index is -0.515. The van der Waals surface area contributed by atoms with Gasteiger partial charge in [-0.3, -0.25) is 19.4 Å². The minimum absolute atomic E-state index is 0.0495. The molecule has 2 N–H and O–H groups in total. The molecule has 1 aliphatic heterocycles. The van der Waals surface area contributed by atoms with Crippen LogP contribution < -0.4 is 15.4 Å². The number of aliphatic imine (C=N–C) groups is 1. The van der Waals surface area contributed by atoms with Gasteiger partial charge in [-0.05, 0) is 35.9 Å². The number of benzene rings is 2. The summed E-state index contributed by atoms with van der Waals surface area (Å²) in [5.41, 5.74) is 1.76. The Kier molecular flexibility index (Phi) is 6.36. The predicted octanol–water partition coefficient (Wildman–Crippen LogP) is 2.67. The zero-order valence-electron chi connectivity index (χ0n) is 16.5. The van der Waals surface area contributed by atoms with Gasteiger partial charge in [0.05, 0.1) is 18.2 Å². The zero-order valence-corrected chi connectivity index (χ0v) is 16.5. The molecule has 154 valence electrons. The van der Waals surface area contributed by atoms with Gasteiger partial charge >= 0.3 is 0 Å². The standard InChI is InChI=1S/C22H20FN3O4/c1-24-22(29)20-16(9-10-25-20)21(28)26-15-6-3-13(4-7-15)11-18(27)17-12-14(23)5-8-19(17)30-2/h3-8,10,12H,9,11H2,1-2H3,(H,24,29)(H,26,28). The topological polar surface area (TPSA) is 96.9 Å². The first-order chi connectivity index (χ1) is 14.4. The molecule has 1 heterocycles. The number of amides is 2. The van der Waals surface area contributed by atoms with Crippen LogP contribution in [-0.4, -0.2) is 38.0 Å². The molecule has 0 aromatic heterocycles. The van der Waals surface area contributed by atoms with Gasteiger partial charge in [-0.25, -0.2) is 4.39 Å². The lowest BCUT2D eigenvalue weighted by atomic mass is 10.0. The van der Waals surface area contributed by atoms with E-state index in [1.165, 1.54) is 32.5 Å². The molecule has 0 saturated heterocycles. The van der Waals surface area contributed by atoms with E-state index in [1.54, 1.807) is 24.3 Å². The van der Waals surface area contributed by atoms with E-state index < -0.39 is 17.6 Å². The van der Waals surface area contributed by atoms with Crippen molar-refractivity contribution in [3.8, 4) is 5.75 Å². The van der Waals surface area contributed by atoms with Crippen LogP contribution in [0.2, 0.25) is 0 Å². The SMILES string of the molecule is CNC(=O)C1=C(C(=O)Nc2ccc(CC(=O)c3cc(F)ccc3OC)cc2)CC=N1. The van der Waals surface area contributed by atoms with Crippen LogP contribution >= 0.6 is 0 Å². The van der Waals surface area contributed by atoms with Crippen LogP contribution in [0.25, 0.3) is 0 Å². The molecule has 2 amide bonds. The molecular weight excluding hydrogens is 389 g/mol. The number of halogens is 1. The van der Waals surface area contributed by atoms with Gasteiger partial charge in [0.25, 0.3) is 11.8 Å². The van der Waals surface area contributed by atoms with Crippen LogP contribution in [-0.2, 0) is 16.0 Å². The Morgan fingerprint density at radius 2 is 1.83 bits per heavy atom. The van der Waals surface area contributed by atoms with Crippen LogP contribution in [0.15, 0.2) is 58.7 Å². The van der Waals surface area contributed by atoms with Gasteiger partial charge < -0.3 is 15.4 Å². The fourth-order valence-corrected chi connectivity index (χ4v) is 3.01. The lowest BCUT2D eigenvalue weighted by Crippen LogP contribution is -2.23. The highest BCUT2D eigenvalue weighted by Gasteiger charge is 2.23. The number of carbonyl (C=O) groups excluding carboxylic acids is 3. The first kappa shape index (κ1) is 20.9. The Labute approximate surface area is 172 Å². The molecule has 3 rings (SSSR count). The third-order valence-electron chi connectivity index (χ3n) is 4.56. The number of nitrogens with one attached hydrogen (secondary N) is 2. The Morgan fingerprint density at radius 3 is 2.50 bits per heavy atom. The lowest BCUT2D eigenvalue weighted by Gasteiger charge is -2.09. The summed E-state index contributed by atoms with van der Waals surface area (Å²) in [4.78, 5) is 40.7. The molecule has 0 fully saturated rings. The summed E-state index contributed by atoms with van der Waals surface area (Å²) in [7, 11) is 2.89. The van der Waals surface area contributed by atoms with E-state index in [-0.39, 0.29) is 35.5 Å². The molecule has 0 saturated carbocycles. The smallest absolute Gasteiger partial charge is 0.270 e. The van der Waals surface area contributed by atoms with Crippen molar-refractivity contribution in [2.45, 2.75) is 12.8 Å². The number of anilines is 1. The second-order valence-corrected chi connectivity index (χ2v) is 6.52. The molecule has 0 spiro atoms. The Hall–Kier alpha value is -3.81. The van der Waals surface area contributed by atoms with E-state index in [9.17, 15) is 18.8 Å². The second-order valence-electron chi connectivity index (χ2n) is 6.52. The number of hydrogen-bond donors (Lipinski definition) is 2. The van der Waals surface area contributed by atoms with Crippen molar-refractivity contribution < 1.29 is 23.5 Å². The second kappa shape index (κ2) is 9.13.